The molecule has 0 aliphatic carbocycles. The predicted octanol–water partition coefficient (Wildman–Crippen LogP) is 2.96. The van der Waals surface area contributed by atoms with Gasteiger partial charge in [-0.15, -0.1) is 0 Å². The van der Waals surface area contributed by atoms with Crippen LogP contribution in [-0.2, 0) is 0 Å². The molecule has 1 aliphatic rings. The topological polar surface area (TPSA) is 24.8 Å². The molecule has 0 bridgehead atoms. The first-order valence-electron chi connectivity index (χ1n) is 6.40. The lowest BCUT2D eigenvalue weighted by Gasteiger charge is -2.20. The van der Waals surface area contributed by atoms with Crippen LogP contribution in [0.5, 0.6) is 5.75 Å². The molecule has 1 heterocycles. The lowest BCUT2D eigenvalue weighted by Crippen LogP contribution is -2.27. The zero-order valence-corrected chi connectivity index (χ0v) is 10.9. The van der Waals surface area contributed by atoms with E-state index in [0.29, 0.717) is 0 Å². The molecule has 0 amide bonds. The van der Waals surface area contributed by atoms with Crippen LogP contribution in [0.1, 0.15) is 5.56 Å². The van der Waals surface area contributed by atoms with E-state index < -0.39 is 0 Å². The number of hydrogen-bond acceptors (Lipinski definition) is 3. The Morgan fingerprint density at radius 3 is 2.42 bits per heavy atom. The summed E-state index contributed by atoms with van der Waals surface area (Å²) in [7, 11) is 1.68. The molecule has 3 nitrogen and oxygen atoms in total. The number of ether oxygens (including phenoxy) is 1. The molecule has 0 fully saturated rings. The maximum absolute atomic E-state index is 5.19. The fourth-order valence-corrected chi connectivity index (χ4v) is 2.29. The summed E-state index contributed by atoms with van der Waals surface area (Å²) in [6.45, 7) is 1.78. The van der Waals surface area contributed by atoms with Gasteiger partial charge >= 0.3 is 0 Å². The average Bonchev–Trinajstić information content (AvgIpc) is 2.98. The molecule has 0 radical (unpaired) electrons. The van der Waals surface area contributed by atoms with Crippen LogP contribution in [0, 0.1) is 0 Å². The van der Waals surface area contributed by atoms with E-state index in [2.05, 4.69) is 46.3 Å². The van der Waals surface area contributed by atoms with E-state index in [1.54, 1.807) is 7.11 Å². The standard InChI is InChI=1S/C16H16N2O/c1-19-15-9-7-13(8-10-15)16-17-11-12-18(16)14-5-3-2-4-6-14/h2-10H,11-12H2,1H3. The van der Waals surface area contributed by atoms with Crippen molar-refractivity contribution in [3.05, 3.63) is 60.2 Å². The van der Waals surface area contributed by atoms with Crippen molar-refractivity contribution >= 4 is 11.5 Å². The molecular formula is C16H16N2O. The Kier molecular flexibility index (Phi) is 3.19. The van der Waals surface area contributed by atoms with E-state index in [4.69, 9.17) is 4.74 Å². The van der Waals surface area contributed by atoms with Crippen LogP contribution < -0.4 is 9.64 Å². The molecule has 0 aromatic heterocycles. The summed E-state index contributed by atoms with van der Waals surface area (Å²) in [5.41, 5.74) is 2.32. The van der Waals surface area contributed by atoms with Gasteiger partial charge in [0.25, 0.3) is 0 Å². The van der Waals surface area contributed by atoms with Crippen molar-refractivity contribution in [3.8, 4) is 5.75 Å². The first-order chi connectivity index (χ1) is 9.38. The van der Waals surface area contributed by atoms with Gasteiger partial charge in [-0.1, -0.05) is 18.2 Å². The van der Waals surface area contributed by atoms with Gasteiger partial charge in [0.1, 0.15) is 11.6 Å². The van der Waals surface area contributed by atoms with Gasteiger partial charge in [-0.3, -0.25) is 4.99 Å². The lowest BCUT2D eigenvalue weighted by atomic mass is 10.1. The Hall–Kier alpha value is -2.29. The Morgan fingerprint density at radius 1 is 1.00 bits per heavy atom. The summed E-state index contributed by atoms with van der Waals surface area (Å²) >= 11 is 0. The van der Waals surface area contributed by atoms with Gasteiger partial charge < -0.3 is 9.64 Å². The second-order valence-corrected chi connectivity index (χ2v) is 4.42. The number of hydrogen-bond donors (Lipinski definition) is 0. The molecule has 2 aromatic carbocycles. The summed E-state index contributed by atoms with van der Waals surface area (Å²) in [6.07, 6.45) is 0. The average molecular weight is 252 g/mol. The fraction of sp³-hybridized carbons (Fsp3) is 0.188. The summed E-state index contributed by atoms with van der Waals surface area (Å²) in [5, 5.41) is 0. The van der Waals surface area contributed by atoms with Crippen molar-refractivity contribution in [2.45, 2.75) is 0 Å². The smallest absolute Gasteiger partial charge is 0.135 e. The van der Waals surface area contributed by atoms with Crippen molar-refractivity contribution < 1.29 is 4.74 Å². The van der Waals surface area contributed by atoms with Crippen LogP contribution in [0.4, 0.5) is 5.69 Å². The number of amidine groups is 1. The Balaban J connectivity index is 1.90. The molecule has 2 aromatic rings. The SMILES string of the molecule is COc1ccc(C2=NCCN2c2ccccc2)cc1. The van der Waals surface area contributed by atoms with Gasteiger partial charge in [0.2, 0.25) is 0 Å². The number of anilines is 1. The van der Waals surface area contributed by atoms with Gasteiger partial charge in [0.15, 0.2) is 0 Å². The highest BCUT2D eigenvalue weighted by atomic mass is 16.5. The highest BCUT2D eigenvalue weighted by Crippen LogP contribution is 2.21. The van der Waals surface area contributed by atoms with Crippen LogP contribution in [0.3, 0.4) is 0 Å². The van der Waals surface area contributed by atoms with Crippen molar-refractivity contribution in [1.82, 2.24) is 0 Å². The predicted molar refractivity (Wildman–Crippen MR) is 78.2 cm³/mol. The number of rotatable bonds is 3. The molecule has 1 aliphatic heterocycles. The number of benzene rings is 2. The van der Waals surface area contributed by atoms with E-state index in [0.717, 1.165) is 30.2 Å². The number of nitrogens with zero attached hydrogens (tertiary/aromatic N) is 2. The summed E-state index contributed by atoms with van der Waals surface area (Å²) < 4.78 is 5.19. The quantitative estimate of drug-likeness (QED) is 0.839. The molecule has 0 saturated carbocycles. The van der Waals surface area contributed by atoms with Crippen LogP contribution in [0.2, 0.25) is 0 Å². The molecule has 19 heavy (non-hydrogen) atoms. The molecule has 96 valence electrons. The van der Waals surface area contributed by atoms with E-state index in [1.165, 1.54) is 5.69 Å². The molecule has 0 unspecified atom stereocenters. The third-order valence-corrected chi connectivity index (χ3v) is 3.26. The molecule has 0 saturated heterocycles. The number of methoxy groups -OCH3 is 1. The third-order valence-electron chi connectivity index (χ3n) is 3.26. The minimum absolute atomic E-state index is 0.844. The van der Waals surface area contributed by atoms with E-state index in [-0.39, 0.29) is 0 Å². The van der Waals surface area contributed by atoms with Crippen LogP contribution >= 0.6 is 0 Å². The summed E-state index contributed by atoms with van der Waals surface area (Å²) in [4.78, 5) is 6.87. The summed E-state index contributed by atoms with van der Waals surface area (Å²) in [5.74, 6) is 1.91. The summed E-state index contributed by atoms with van der Waals surface area (Å²) in [6, 6.07) is 18.4. The minimum Gasteiger partial charge on any atom is -0.497 e. The van der Waals surface area contributed by atoms with Crippen molar-refractivity contribution in [2.75, 3.05) is 25.1 Å². The normalized spacial score (nSPS) is 14.4. The molecular weight excluding hydrogens is 236 g/mol. The second-order valence-electron chi connectivity index (χ2n) is 4.42. The zero-order valence-electron chi connectivity index (χ0n) is 10.9. The molecule has 0 atom stereocenters. The third kappa shape index (κ3) is 2.32. The maximum atomic E-state index is 5.19. The van der Waals surface area contributed by atoms with Crippen molar-refractivity contribution in [2.24, 2.45) is 4.99 Å². The monoisotopic (exact) mass is 252 g/mol. The first kappa shape index (κ1) is 11.8. The maximum Gasteiger partial charge on any atom is 0.135 e. The van der Waals surface area contributed by atoms with Crippen LogP contribution in [0.15, 0.2) is 59.6 Å². The van der Waals surface area contributed by atoms with Gasteiger partial charge in [0.05, 0.1) is 13.7 Å². The lowest BCUT2D eigenvalue weighted by molar-refractivity contribution is 0.415. The van der Waals surface area contributed by atoms with E-state index in [1.807, 2.05) is 18.2 Å². The van der Waals surface area contributed by atoms with E-state index in [9.17, 15) is 0 Å². The number of para-hydroxylation sites is 1. The molecule has 0 spiro atoms. The van der Waals surface area contributed by atoms with Gasteiger partial charge in [-0.05, 0) is 36.4 Å². The molecule has 0 N–H and O–H groups in total. The first-order valence-corrected chi connectivity index (χ1v) is 6.40. The Bertz CT molecular complexity index is 575. The van der Waals surface area contributed by atoms with Crippen LogP contribution in [-0.4, -0.2) is 26.0 Å². The molecule has 3 heteroatoms. The second kappa shape index (κ2) is 5.14. The van der Waals surface area contributed by atoms with Gasteiger partial charge in [-0.2, -0.15) is 0 Å². The van der Waals surface area contributed by atoms with Crippen LogP contribution in [0.25, 0.3) is 0 Å². The highest BCUT2D eigenvalue weighted by molar-refractivity contribution is 6.11. The van der Waals surface area contributed by atoms with Gasteiger partial charge in [0, 0.05) is 17.8 Å². The Morgan fingerprint density at radius 2 is 1.74 bits per heavy atom. The van der Waals surface area contributed by atoms with Crippen molar-refractivity contribution in [1.29, 1.82) is 0 Å². The van der Waals surface area contributed by atoms with Gasteiger partial charge in [-0.25, -0.2) is 0 Å². The van der Waals surface area contributed by atoms with E-state index >= 15 is 0 Å². The Labute approximate surface area is 113 Å². The fourth-order valence-electron chi connectivity index (χ4n) is 2.29. The number of aliphatic imine (C=N–C) groups is 1. The minimum atomic E-state index is 0.844. The zero-order chi connectivity index (χ0) is 13.1. The highest BCUT2D eigenvalue weighted by Gasteiger charge is 2.19. The molecule has 3 rings (SSSR count). The van der Waals surface area contributed by atoms with Crippen molar-refractivity contribution in [3.63, 3.8) is 0 Å². The largest absolute Gasteiger partial charge is 0.497 e.